The van der Waals surface area contributed by atoms with Crippen LogP contribution in [0, 0.1) is 11.6 Å². The third-order valence-electron chi connectivity index (χ3n) is 4.14. The van der Waals surface area contributed by atoms with Crippen LogP contribution in [0.5, 0.6) is 0 Å². The highest BCUT2D eigenvalue weighted by molar-refractivity contribution is 7.89. The van der Waals surface area contributed by atoms with Crippen molar-refractivity contribution in [2.45, 2.75) is 5.09 Å². The van der Waals surface area contributed by atoms with Crippen LogP contribution >= 0.6 is 0 Å². The van der Waals surface area contributed by atoms with E-state index in [2.05, 4.69) is 4.72 Å². The predicted molar refractivity (Wildman–Crippen MR) is 89.4 cm³/mol. The first-order valence-corrected chi connectivity index (χ1v) is 9.33. The van der Waals surface area contributed by atoms with E-state index in [-0.39, 0.29) is 29.6 Å². The molecular formula is C16H17F2N3O4S. The van der Waals surface area contributed by atoms with Crippen molar-refractivity contribution in [3.8, 4) is 0 Å². The van der Waals surface area contributed by atoms with Crippen molar-refractivity contribution >= 4 is 21.6 Å². The highest BCUT2D eigenvalue weighted by atomic mass is 32.2. The minimum atomic E-state index is -3.77. The summed E-state index contributed by atoms with van der Waals surface area (Å²) < 4.78 is 57.8. The van der Waals surface area contributed by atoms with E-state index in [1.54, 1.807) is 4.90 Å². The predicted octanol–water partition coefficient (Wildman–Crippen LogP) is 1.43. The standard InChI is InChI=1S/C16H17F2N3O4S/c1-19-26(23,24)15-5-4-14(25-15)16(22)21-8-6-20(7-9-21)13-10-11(17)2-3-12(13)18/h2-5,10,19H,6-9H2,1H3. The van der Waals surface area contributed by atoms with Gasteiger partial charge in [0.1, 0.15) is 11.6 Å². The fraction of sp³-hybridized carbons (Fsp3) is 0.312. The summed E-state index contributed by atoms with van der Waals surface area (Å²) in [5, 5.41) is -0.344. The molecular weight excluding hydrogens is 368 g/mol. The van der Waals surface area contributed by atoms with Crippen LogP contribution in [0.25, 0.3) is 0 Å². The molecule has 0 bridgehead atoms. The van der Waals surface area contributed by atoms with Crippen molar-refractivity contribution in [2.75, 3.05) is 38.1 Å². The second-order valence-corrected chi connectivity index (χ2v) is 7.52. The molecule has 1 aromatic heterocycles. The number of piperazine rings is 1. The Labute approximate surface area is 149 Å². The lowest BCUT2D eigenvalue weighted by atomic mass is 10.2. The van der Waals surface area contributed by atoms with Gasteiger partial charge >= 0.3 is 0 Å². The maximum absolute atomic E-state index is 13.9. The lowest BCUT2D eigenvalue weighted by molar-refractivity contribution is 0.0708. The molecule has 1 amide bonds. The van der Waals surface area contributed by atoms with Gasteiger partial charge in [-0.15, -0.1) is 0 Å². The second-order valence-electron chi connectivity index (χ2n) is 5.70. The average molecular weight is 385 g/mol. The maximum atomic E-state index is 13.9. The summed E-state index contributed by atoms with van der Waals surface area (Å²) in [6.07, 6.45) is 0. The van der Waals surface area contributed by atoms with E-state index >= 15 is 0 Å². The molecule has 1 fully saturated rings. The molecule has 0 unspecified atom stereocenters. The summed E-state index contributed by atoms with van der Waals surface area (Å²) in [5.74, 6) is -1.61. The lowest BCUT2D eigenvalue weighted by Gasteiger charge is -2.35. The Morgan fingerprint density at radius 3 is 2.46 bits per heavy atom. The zero-order valence-electron chi connectivity index (χ0n) is 13.9. The SMILES string of the molecule is CNS(=O)(=O)c1ccc(C(=O)N2CCN(c3cc(F)ccc3F)CC2)o1. The van der Waals surface area contributed by atoms with Gasteiger partial charge in [-0.25, -0.2) is 21.9 Å². The van der Waals surface area contributed by atoms with Gasteiger partial charge in [0.2, 0.25) is 5.09 Å². The smallest absolute Gasteiger partial charge is 0.289 e. The fourth-order valence-corrected chi connectivity index (χ4v) is 3.36. The van der Waals surface area contributed by atoms with Crippen LogP contribution in [-0.2, 0) is 10.0 Å². The van der Waals surface area contributed by atoms with Crippen LogP contribution < -0.4 is 9.62 Å². The second kappa shape index (κ2) is 7.04. The highest BCUT2D eigenvalue weighted by Gasteiger charge is 2.27. The summed E-state index contributed by atoms with van der Waals surface area (Å²) in [6, 6.07) is 5.73. The lowest BCUT2D eigenvalue weighted by Crippen LogP contribution is -2.49. The van der Waals surface area contributed by atoms with Crippen molar-refractivity contribution in [3.05, 3.63) is 47.7 Å². The summed E-state index contributed by atoms with van der Waals surface area (Å²) in [6.45, 7) is 1.16. The summed E-state index contributed by atoms with van der Waals surface area (Å²) in [5.41, 5.74) is 0.150. The monoisotopic (exact) mass is 385 g/mol. The van der Waals surface area contributed by atoms with Crippen molar-refractivity contribution in [2.24, 2.45) is 0 Å². The third kappa shape index (κ3) is 3.56. The number of sulfonamides is 1. The molecule has 1 aliphatic heterocycles. The molecule has 1 saturated heterocycles. The van der Waals surface area contributed by atoms with Gasteiger partial charge in [-0.05, 0) is 31.3 Å². The Balaban J connectivity index is 1.68. The van der Waals surface area contributed by atoms with E-state index in [1.165, 1.54) is 24.1 Å². The third-order valence-corrected chi connectivity index (χ3v) is 5.43. The minimum Gasteiger partial charge on any atom is -0.438 e. The average Bonchev–Trinajstić information content (AvgIpc) is 3.14. The Morgan fingerprint density at radius 1 is 1.12 bits per heavy atom. The van der Waals surface area contributed by atoms with Crippen LogP contribution in [0.1, 0.15) is 10.6 Å². The van der Waals surface area contributed by atoms with Gasteiger partial charge < -0.3 is 14.2 Å². The van der Waals surface area contributed by atoms with Crippen molar-refractivity contribution in [1.29, 1.82) is 0 Å². The number of carbonyl (C=O) groups is 1. The Bertz CT molecular complexity index is 921. The van der Waals surface area contributed by atoms with Crippen LogP contribution in [0.3, 0.4) is 0 Å². The molecule has 10 heteroatoms. The number of nitrogens with zero attached hydrogens (tertiary/aromatic N) is 2. The summed E-state index contributed by atoms with van der Waals surface area (Å²) >= 11 is 0. The van der Waals surface area contributed by atoms with Crippen LogP contribution in [-0.4, -0.2) is 52.5 Å². The number of hydrogen-bond donors (Lipinski definition) is 1. The van der Waals surface area contributed by atoms with E-state index in [9.17, 15) is 22.0 Å². The van der Waals surface area contributed by atoms with Crippen LogP contribution in [0.4, 0.5) is 14.5 Å². The number of amides is 1. The van der Waals surface area contributed by atoms with E-state index in [0.717, 1.165) is 18.2 Å². The van der Waals surface area contributed by atoms with E-state index in [4.69, 9.17) is 4.42 Å². The molecule has 0 saturated carbocycles. The van der Waals surface area contributed by atoms with Gasteiger partial charge in [0.05, 0.1) is 5.69 Å². The molecule has 0 atom stereocenters. The molecule has 7 nitrogen and oxygen atoms in total. The molecule has 2 aromatic rings. The number of hydrogen-bond acceptors (Lipinski definition) is 5. The van der Waals surface area contributed by atoms with Crippen LogP contribution in [0.2, 0.25) is 0 Å². The molecule has 0 aliphatic carbocycles. The molecule has 0 radical (unpaired) electrons. The van der Waals surface area contributed by atoms with Gasteiger partial charge in [-0.3, -0.25) is 4.79 Å². The van der Waals surface area contributed by atoms with Crippen molar-refractivity contribution in [1.82, 2.24) is 9.62 Å². The highest BCUT2D eigenvalue weighted by Crippen LogP contribution is 2.23. The zero-order chi connectivity index (χ0) is 18.9. The van der Waals surface area contributed by atoms with E-state index in [0.29, 0.717) is 13.1 Å². The molecule has 1 aromatic carbocycles. The Morgan fingerprint density at radius 2 is 1.81 bits per heavy atom. The molecule has 0 spiro atoms. The summed E-state index contributed by atoms with van der Waals surface area (Å²) in [7, 11) is -2.53. The normalized spacial score (nSPS) is 15.3. The van der Waals surface area contributed by atoms with E-state index in [1.807, 2.05) is 0 Å². The number of benzene rings is 1. The number of rotatable bonds is 4. The molecule has 3 rings (SSSR count). The molecule has 2 heterocycles. The molecule has 1 aliphatic rings. The number of halogens is 2. The number of carbonyl (C=O) groups excluding carboxylic acids is 1. The fourth-order valence-electron chi connectivity index (χ4n) is 2.71. The zero-order valence-corrected chi connectivity index (χ0v) is 14.7. The van der Waals surface area contributed by atoms with Gasteiger partial charge in [0.25, 0.3) is 15.9 Å². The van der Waals surface area contributed by atoms with Crippen molar-refractivity contribution < 1.29 is 26.4 Å². The Kier molecular flexibility index (Phi) is 4.97. The molecule has 26 heavy (non-hydrogen) atoms. The minimum absolute atomic E-state index is 0.0933. The quantitative estimate of drug-likeness (QED) is 0.861. The number of nitrogens with one attached hydrogen (secondary N) is 1. The van der Waals surface area contributed by atoms with Crippen molar-refractivity contribution in [3.63, 3.8) is 0 Å². The first kappa shape index (κ1) is 18.3. The first-order chi connectivity index (χ1) is 12.3. The first-order valence-electron chi connectivity index (χ1n) is 7.84. The van der Waals surface area contributed by atoms with E-state index < -0.39 is 27.6 Å². The van der Waals surface area contributed by atoms with Gasteiger partial charge in [0.15, 0.2) is 5.76 Å². The van der Waals surface area contributed by atoms with Gasteiger partial charge in [-0.2, -0.15) is 0 Å². The number of furan rings is 1. The maximum Gasteiger partial charge on any atom is 0.289 e. The molecule has 140 valence electrons. The molecule has 1 N–H and O–H groups in total. The van der Waals surface area contributed by atoms with Gasteiger partial charge in [0, 0.05) is 32.2 Å². The summed E-state index contributed by atoms with van der Waals surface area (Å²) in [4.78, 5) is 15.6. The van der Waals surface area contributed by atoms with Gasteiger partial charge in [-0.1, -0.05) is 0 Å². The van der Waals surface area contributed by atoms with Crippen LogP contribution in [0.15, 0.2) is 39.8 Å². The number of anilines is 1. The topological polar surface area (TPSA) is 82.9 Å². The Hall–Kier alpha value is -2.46. The largest absolute Gasteiger partial charge is 0.438 e.